The van der Waals surface area contributed by atoms with E-state index in [4.69, 9.17) is 5.73 Å². The van der Waals surface area contributed by atoms with Crippen LogP contribution in [0.15, 0.2) is 42.5 Å². The van der Waals surface area contributed by atoms with E-state index in [0.29, 0.717) is 5.92 Å². The van der Waals surface area contributed by atoms with Crippen LogP contribution in [0.4, 0.5) is 11.6 Å². The number of nitrogens with one attached hydrogen (secondary N) is 2. The molecule has 0 bridgehead atoms. The van der Waals surface area contributed by atoms with Crippen LogP contribution in [-0.4, -0.2) is 9.97 Å². The number of fused-ring (bicyclic) bond motifs is 1. The van der Waals surface area contributed by atoms with E-state index in [9.17, 15) is 0 Å². The average Bonchev–Trinajstić information content (AvgIpc) is 2.87. The summed E-state index contributed by atoms with van der Waals surface area (Å²) < 4.78 is 0. The number of hydrogen-bond donors (Lipinski definition) is 3. The molecule has 1 heterocycles. The zero-order valence-electron chi connectivity index (χ0n) is 12.4. The molecular weight excluding hydrogens is 260 g/mol. The highest BCUT2D eigenvalue weighted by Crippen LogP contribution is 2.18. The summed E-state index contributed by atoms with van der Waals surface area (Å²) in [4.78, 5) is 7.73. The third-order valence-corrected chi connectivity index (χ3v) is 3.61. The van der Waals surface area contributed by atoms with Gasteiger partial charge in [-0.15, -0.1) is 0 Å². The number of aromatic amines is 1. The lowest BCUT2D eigenvalue weighted by molar-refractivity contribution is 0.865. The van der Waals surface area contributed by atoms with Crippen molar-refractivity contribution >= 4 is 22.7 Å². The van der Waals surface area contributed by atoms with Gasteiger partial charge in [0.15, 0.2) is 0 Å². The normalized spacial score (nSPS) is 11.2. The maximum absolute atomic E-state index is 5.77. The number of nitrogen functional groups attached to an aromatic ring is 1. The summed E-state index contributed by atoms with van der Waals surface area (Å²) in [5.41, 5.74) is 11.0. The number of nitrogens with two attached hydrogens (primary N) is 1. The smallest absolute Gasteiger partial charge is 0.201 e. The van der Waals surface area contributed by atoms with Crippen molar-refractivity contribution in [2.75, 3.05) is 11.1 Å². The van der Waals surface area contributed by atoms with Gasteiger partial charge in [-0.25, -0.2) is 4.98 Å². The molecule has 21 heavy (non-hydrogen) atoms. The quantitative estimate of drug-likeness (QED) is 0.635. The third kappa shape index (κ3) is 2.99. The Balaban J connectivity index is 1.71. The van der Waals surface area contributed by atoms with E-state index in [2.05, 4.69) is 53.4 Å². The van der Waals surface area contributed by atoms with Gasteiger partial charge in [-0.2, -0.15) is 0 Å². The molecule has 0 saturated carbocycles. The van der Waals surface area contributed by atoms with Crippen molar-refractivity contribution in [3.05, 3.63) is 53.6 Å². The van der Waals surface area contributed by atoms with Crippen LogP contribution in [0.2, 0.25) is 0 Å². The van der Waals surface area contributed by atoms with E-state index in [0.717, 1.165) is 29.2 Å². The fourth-order valence-corrected chi connectivity index (χ4v) is 2.32. The average molecular weight is 280 g/mol. The first-order chi connectivity index (χ1) is 10.1. The summed E-state index contributed by atoms with van der Waals surface area (Å²) in [6.45, 7) is 5.15. The second-order valence-corrected chi connectivity index (χ2v) is 5.61. The fraction of sp³-hybridized carbons (Fsp3) is 0.235. The summed E-state index contributed by atoms with van der Waals surface area (Å²) in [6, 6.07) is 14.3. The molecule has 0 spiro atoms. The first-order valence-corrected chi connectivity index (χ1v) is 7.20. The van der Waals surface area contributed by atoms with Gasteiger partial charge in [-0.3, -0.25) is 0 Å². The van der Waals surface area contributed by atoms with Gasteiger partial charge in [-0.1, -0.05) is 38.1 Å². The number of H-pyrrole nitrogens is 1. The Labute approximate surface area is 124 Å². The predicted octanol–water partition coefficient (Wildman–Crippen LogP) is 3.88. The molecule has 4 heteroatoms. The standard InChI is InChI=1S/C17H20N4/c1-11(2)13-5-3-12(4-6-13)10-19-17-20-15-8-7-14(18)9-16(15)21-17/h3-9,11H,10,18H2,1-2H3,(H2,19,20,21). The minimum absolute atomic E-state index is 0.563. The predicted molar refractivity (Wildman–Crippen MR) is 88.4 cm³/mol. The van der Waals surface area contributed by atoms with Crippen LogP contribution >= 0.6 is 0 Å². The largest absolute Gasteiger partial charge is 0.399 e. The minimum atomic E-state index is 0.563. The fourth-order valence-electron chi connectivity index (χ4n) is 2.32. The molecule has 2 aromatic carbocycles. The number of hydrogen-bond acceptors (Lipinski definition) is 3. The van der Waals surface area contributed by atoms with E-state index in [-0.39, 0.29) is 0 Å². The van der Waals surface area contributed by atoms with Gasteiger partial charge >= 0.3 is 0 Å². The van der Waals surface area contributed by atoms with Crippen molar-refractivity contribution in [1.82, 2.24) is 9.97 Å². The summed E-state index contributed by atoms with van der Waals surface area (Å²) in [5, 5.41) is 3.31. The lowest BCUT2D eigenvalue weighted by atomic mass is 10.0. The van der Waals surface area contributed by atoms with Crippen LogP contribution in [0.5, 0.6) is 0 Å². The Morgan fingerprint density at radius 2 is 1.90 bits per heavy atom. The number of imidazole rings is 1. The van der Waals surface area contributed by atoms with Gasteiger partial charge in [0.1, 0.15) is 0 Å². The Morgan fingerprint density at radius 1 is 1.14 bits per heavy atom. The highest BCUT2D eigenvalue weighted by Gasteiger charge is 2.03. The summed E-state index contributed by atoms with van der Waals surface area (Å²) >= 11 is 0. The van der Waals surface area contributed by atoms with Gasteiger partial charge in [0.2, 0.25) is 5.95 Å². The number of anilines is 2. The Bertz CT molecular complexity index is 741. The lowest BCUT2D eigenvalue weighted by Gasteiger charge is -2.07. The van der Waals surface area contributed by atoms with Gasteiger partial charge in [0.05, 0.1) is 11.0 Å². The first kappa shape index (κ1) is 13.5. The second-order valence-electron chi connectivity index (χ2n) is 5.61. The van der Waals surface area contributed by atoms with Crippen LogP contribution < -0.4 is 11.1 Å². The van der Waals surface area contributed by atoms with Crippen molar-refractivity contribution in [2.45, 2.75) is 26.3 Å². The SMILES string of the molecule is CC(C)c1ccc(CNc2nc3ccc(N)cc3[nH]2)cc1. The van der Waals surface area contributed by atoms with E-state index in [1.165, 1.54) is 11.1 Å². The molecule has 0 fully saturated rings. The summed E-state index contributed by atoms with van der Waals surface area (Å²) in [5.74, 6) is 1.33. The molecule has 1 aromatic heterocycles. The van der Waals surface area contributed by atoms with Crippen LogP contribution in [-0.2, 0) is 6.54 Å². The topological polar surface area (TPSA) is 66.7 Å². The molecule has 3 aromatic rings. The van der Waals surface area contributed by atoms with E-state index in [1.807, 2.05) is 18.2 Å². The van der Waals surface area contributed by atoms with Crippen molar-refractivity contribution in [2.24, 2.45) is 0 Å². The molecule has 0 amide bonds. The van der Waals surface area contributed by atoms with Crippen LogP contribution in [0.25, 0.3) is 11.0 Å². The Morgan fingerprint density at radius 3 is 2.62 bits per heavy atom. The monoisotopic (exact) mass is 280 g/mol. The van der Waals surface area contributed by atoms with Crippen LogP contribution in [0.1, 0.15) is 30.9 Å². The molecule has 0 unspecified atom stereocenters. The molecule has 0 radical (unpaired) electrons. The highest BCUT2D eigenvalue weighted by molar-refractivity contribution is 5.80. The van der Waals surface area contributed by atoms with E-state index >= 15 is 0 Å². The van der Waals surface area contributed by atoms with Crippen molar-refractivity contribution in [3.63, 3.8) is 0 Å². The lowest BCUT2D eigenvalue weighted by Crippen LogP contribution is -2.01. The van der Waals surface area contributed by atoms with E-state index in [1.54, 1.807) is 0 Å². The minimum Gasteiger partial charge on any atom is -0.399 e. The van der Waals surface area contributed by atoms with Gasteiger partial charge < -0.3 is 16.0 Å². The van der Waals surface area contributed by atoms with Crippen molar-refractivity contribution in [1.29, 1.82) is 0 Å². The Kier molecular flexibility index (Phi) is 3.52. The molecule has 3 rings (SSSR count). The molecule has 0 saturated heterocycles. The summed E-state index contributed by atoms with van der Waals surface area (Å²) in [6.07, 6.45) is 0. The first-order valence-electron chi connectivity index (χ1n) is 7.20. The molecule has 0 aliphatic carbocycles. The van der Waals surface area contributed by atoms with Crippen molar-refractivity contribution < 1.29 is 0 Å². The summed E-state index contributed by atoms with van der Waals surface area (Å²) in [7, 11) is 0. The Hall–Kier alpha value is -2.49. The van der Waals surface area contributed by atoms with Crippen LogP contribution in [0.3, 0.4) is 0 Å². The molecule has 4 nitrogen and oxygen atoms in total. The number of nitrogens with zero attached hydrogens (tertiary/aromatic N) is 1. The third-order valence-electron chi connectivity index (χ3n) is 3.61. The molecule has 0 atom stereocenters. The maximum atomic E-state index is 5.77. The highest BCUT2D eigenvalue weighted by atomic mass is 15.1. The van der Waals surface area contributed by atoms with Gasteiger partial charge in [0.25, 0.3) is 0 Å². The number of benzene rings is 2. The maximum Gasteiger partial charge on any atom is 0.201 e. The molecule has 4 N–H and O–H groups in total. The molecule has 0 aliphatic heterocycles. The molecule has 108 valence electrons. The number of rotatable bonds is 4. The van der Waals surface area contributed by atoms with Gasteiger partial charge in [0, 0.05) is 12.2 Å². The van der Waals surface area contributed by atoms with Crippen LogP contribution in [0, 0.1) is 0 Å². The molecule has 0 aliphatic rings. The number of aromatic nitrogens is 2. The second kappa shape index (κ2) is 5.48. The van der Waals surface area contributed by atoms with E-state index < -0.39 is 0 Å². The zero-order valence-corrected chi connectivity index (χ0v) is 12.4. The molecular formula is C17H20N4. The van der Waals surface area contributed by atoms with Gasteiger partial charge in [-0.05, 0) is 35.2 Å². The van der Waals surface area contributed by atoms with Crippen molar-refractivity contribution in [3.8, 4) is 0 Å². The zero-order chi connectivity index (χ0) is 14.8.